The molecule has 0 unspecified atom stereocenters. The van der Waals surface area contributed by atoms with E-state index in [0.717, 1.165) is 12.3 Å². The van der Waals surface area contributed by atoms with E-state index < -0.39 is 24.3 Å². The average Bonchev–Trinajstić information content (AvgIpc) is 2.28. The van der Waals surface area contributed by atoms with Crippen molar-refractivity contribution in [3.8, 4) is 0 Å². The number of aliphatic hydroxyl groups is 1. The summed E-state index contributed by atoms with van der Waals surface area (Å²) in [6.07, 6.45) is -3.61. The molecule has 0 heterocycles. The molecule has 0 bridgehead atoms. The van der Waals surface area contributed by atoms with Gasteiger partial charge in [-0.25, -0.2) is 5.43 Å². The third-order valence-corrected chi connectivity index (χ3v) is 1.80. The van der Waals surface area contributed by atoms with Crippen molar-refractivity contribution in [1.29, 1.82) is 0 Å². The highest BCUT2D eigenvalue weighted by Crippen LogP contribution is 2.30. The van der Waals surface area contributed by atoms with Gasteiger partial charge in [-0.05, 0) is 6.07 Å². The van der Waals surface area contributed by atoms with Gasteiger partial charge in [0.2, 0.25) is 0 Å². The number of alkyl halides is 3. The van der Waals surface area contributed by atoms with Crippen LogP contribution in [-0.2, 0) is 11.0 Å². The number of carbonyl (C=O) groups excluding carboxylic acids is 1. The molecule has 0 aliphatic carbocycles. The van der Waals surface area contributed by atoms with Crippen LogP contribution in [0.5, 0.6) is 0 Å². The molecule has 0 fully saturated rings. The number of hydrogen-bond acceptors (Lipinski definition) is 3. The highest BCUT2D eigenvalue weighted by molar-refractivity contribution is 5.84. The number of carbonyl (C=O) groups is 1. The van der Waals surface area contributed by atoms with E-state index in [1.54, 1.807) is 0 Å². The Hall–Kier alpha value is -1.89. The van der Waals surface area contributed by atoms with Crippen molar-refractivity contribution in [3.63, 3.8) is 0 Å². The molecule has 92 valence electrons. The van der Waals surface area contributed by atoms with Gasteiger partial charge in [-0.2, -0.15) is 18.3 Å². The first-order chi connectivity index (χ1) is 7.95. The molecule has 2 N–H and O–H groups in total. The van der Waals surface area contributed by atoms with Crippen LogP contribution in [0.15, 0.2) is 29.4 Å². The van der Waals surface area contributed by atoms with E-state index in [-0.39, 0.29) is 5.56 Å². The molecule has 0 spiro atoms. The number of hydrogen-bond donors (Lipinski definition) is 2. The molecular formula is C10H9F3N2O2. The summed E-state index contributed by atoms with van der Waals surface area (Å²) in [7, 11) is 0. The van der Waals surface area contributed by atoms with Gasteiger partial charge < -0.3 is 5.11 Å². The molecule has 0 aromatic heterocycles. The molecule has 0 saturated carbocycles. The first kappa shape index (κ1) is 13.2. The summed E-state index contributed by atoms with van der Waals surface area (Å²) in [6, 6.07) is 4.81. The van der Waals surface area contributed by atoms with Crippen LogP contribution in [0.4, 0.5) is 13.2 Å². The van der Waals surface area contributed by atoms with Crippen molar-refractivity contribution in [3.05, 3.63) is 35.4 Å². The Kier molecular flexibility index (Phi) is 4.22. The lowest BCUT2D eigenvalue weighted by molar-refractivity contribution is -0.137. The summed E-state index contributed by atoms with van der Waals surface area (Å²) in [5, 5.41) is 11.7. The summed E-state index contributed by atoms with van der Waals surface area (Å²) in [4.78, 5) is 10.6. The fourth-order valence-corrected chi connectivity index (χ4v) is 1.08. The van der Waals surface area contributed by atoms with E-state index in [4.69, 9.17) is 5.11 Å². The number of amides is 1. The molecule has 1 aromatic rings. The van der Waals surface area contributed by atoms with Crippen molar-refractivity contribution in [1.82, 2.24) is 5.43 Å². The molecule has 0 aliphatic rings. The van der Waals surface area contributed by atoms with Crippen LogP contribution < -0.4 is 5.43 Å². The maximum absolute atomic E-state index is 12.5. The largest absolute Gasteiger partial charge is 0.417 e. The van der Waals surface area contributed by atoms with Gasteiger partial charge in [-0.15, -0.1) is 0 Å². The highest BCUT2D eigenvalue weighted by Gasteiger charge is 2.32. The minimum atomic E-state index is -4.48. The molecule has 1 rings (SSSR count). The topological polar surface area (TPSA) is 61.7 Å². The first-order valence-corrected chi connectivity index (χ1v) is 4.54. The number of benzene rings is 1. The molecule has 4 nitrogen and oxygen atoms in total. The second-order valence-electron chi connectivity index (χ2n) is 3.04. The van der Waals surface area contributed by atoms with Crippen LogP contribution in [0.1, 0.15) is 11.1 Å². The summed E-state index contributed by atoms with van der Waals surface area (Å²) in [5.74, 6) is -0.800. The van der Waals surface area contributed by atoms with Crippen LogP contribution in [0.2, 0.25) is 0 Å². The minimum Gasteiger partial charge on any atom is -0.386 e. The van der Waals surface area contributed by atoms with Gasteiger partial charge in [0, 0.05) is 5.56 Å². The molecule has 1 aromatic carbocycles. The summed E-state index contributed by atoms with van der Waals surface area (Å²) in [6.45, 7) is -0.780. The second-order valence-corrected chi connectivity index (χ2v) is 3.04. The standard InChI is InChI=1S/C10H9F3N2O2/c11-10(12,13)8-4-2-1-3-7(8)5-14-15-9(17)6-16/h1-5,16H,6H2,(H,15,17). The zero-order valence-corrected chi connectivity index (χ0v) is 8.53. The monoisotopic (exact) mass is 246 g/mol. The third-order valence-electron chi connectivity index (χ3n) is 1.80. The van der Waals surface area contributed by atoms with E-state index in [1.807, 2.05) is 5.43 Å². The number of rotatable bonds is 3. The average molecular weight is 246 g/mol. The zero-order valence-electron chi connectivity index (χ0n) is 8.53. The predicted octanol–water partition coefficient (Wildman–Crippen LogP) is 1.15. The molecule has 0 atom stereocenters. The van der Waals surface area contributed by atoms with Crippen LogP contribution in [-0.4, -0.2) is 23.8 Å². The SMILES string of the molecule is O=C(CO)NN=Cc1ccccc1C(F)(F)F. The lowest BCUT2D eigenvalue weighted by Gasteiger charge is -2.08. The number of nitrogens with one attached hydrogen (secondary N) is 1. The molecule has 17 heavy (non-hydrogen) atoms. The van der Waals surface area contributed by atoms with Gasteiger partial charge in [-0.3, -0.25) is 4.79 Å². The van der Waals surface area contributed by atoms with Crippen molar-refractivity contribution < 1.29 is 23.1 Å². The maximum atomic E-state index is 12.5. The van der Waals surface area contributed by atoms with E-state index in [2.05, 4.69) is 5.10 Å². The van der Waals surface area contributed by atoms with Gasteiger partial charge in [0.1, 0.15) is 6.61 Å². The van der Waals surface area contributed by atoms with Gasteiger partial charge in [0.15, 0.2) is 0 Å². The molecule has 1 amide bonds. The molecule has 0 radical (unpaired) electrons. The zero-order chi connectivity index (χ0) is 12.9. The summed E-state index contributed by atoms with van der Waals surface area (Å²) < 4.78 is 37.5. The van der Waals surface area contributed by atoms with Gasteiger partial charge in [-0.1, -0.05) is 18.2 Å². The minimum absolute atomic E-state index is 0.168. The number of nitrogens with zero attached hydrogens (tertiary/aromatic N) is 1. The van der Waals surface area contributed by atoms with Gasteiger partial charge in [0.25, 0.3) is 5.91 Å². The van der Waals surface area contributed by atoms with E-state index in [9.17, 15) is 18.0 Å². The fourth-order valence-electron chi connectivity index (χ4n) is 1.08. The molecule has 0 saturated heterocycles. The second kappa shape index (κ2) is 5.44. The van der Waals surface area contributed by atoms with E-state index >= 15 is 0 Å². The Bertz CT molecular complexity index is 430. The Morgan fingerprint density at radius 2 is 2.06 bits per heavy atom. The summed E-state index contributed by atoms with van der Waals surface area (Å²) in [5.41, 5.74) is 0.859. The Morgan fingerprint density at radius 1 is 1.41 bits per heavy atom. The first-order valence-electron chi connectivity index (χ1n) is 4.54. The molecule has 0 aliphatic heterocycles. The molecule has 7 heteroatoms. The third kappa shape index (κ3) is 3.87. The summed E-state index contributed by atoms with van der Waals surface area (Å²) >= 11 is 0. The van der Waals surface area contributed by atoms with Gasteiger partial charge in [0.05, 0.1) is 11.8 Å². The van der Waals surface area contributed by atoms with Crippen LogP contribution in [0.25, 0.3) is 0 Å². The normalized spacial score (nSPS) is 11.8. The van der Waals surface area contributed by atoms with Gasteiger partial charge >= 0.3 is 6.18 Å². The van der Waals surface area contributed by atoms with Crippen molar-refractivity contribution in [2.24, 2.45) is 5.10 Å². The smallest absolute Gasteiger partial charge is 0.386 e. The van der Waals surface area contributed by atoms with Crippen molar-refractivity contribution in [2.45, 2.75) is 6.18 Å². The lowest BCUT2D eigenvalue weighted by atomic mass is 10.1. The van der Waals surface area contributed by atoms with Crippen LogP contribution >= 0.6 is 0 Å². The van der Waals surface area contributed by atoms with E-state index in [0.29, 0.717) is 0 Å². The predicted molar refractivity (Wildman–Crippen MR) is 54.3 cm³/mol. The van der Waals surface area contributed by atoms with Crippen molar-refractivity contribution in [2.75, 3.05) is 6.61 Å². The maximum Gasteiger partial charge on any atom is 0.417 e. The lowest BCUT2D eigenvalue weighted by Crippen LogP contribution is -2.21. The Balaban J connectivity index is 2.88. The quantitative estimate of drug-likeness (QED) is 0.620. The number of hydrazone groups is 1. The number of aliphatic hydroxyl groups excluding tert-OH is 1. The van der Waals surface area contributed by atoms with E-state index in [1.165, 1.54) is 18.2 Å². The molecular weight excluding hydrogens is 237 g/mol. The Labute approximate surface area is 94.8 Å². The number of halogens is 3. The van der Waals surface area contributed by atoms with Crippen LogP contribution in [0.3, 0.4) is 0 Å². The van der Waals surface area contributed by atoms with Crippen molar-refractivity contribution >= 4 is 12.1 Å². The van der Waals surface area contributed by atoms with Crippen LogP contribution in [0, 0.1) is 0 Å². The Morgan fingerprint density at radius 3 is 2.65 bits per heavy atom. The fraction of sp³-hybridized carbons (Fsp3) is 0.200. The highest BCUT2D eigenvalue weighted by atomic mass is 19.4.